The van der Waals surface area contributed by atoms with E-state index in [9.17, 15) is 4.79 Å². The Kier molecular flexibility index (Phi) is 4.54. The molecule has 0 aromatic rings. The van der Waals surface area contributed by atoms with Crippen molar-refractivity contribution in [1.82, 2.24) is 10.6 Å². The second-order valence-electron chi connectivity index (χ2n) is 3.37. The van der Waals surface area contributed by atoms with Gasteiger partial charge in [-0.2, -0.15) is 0 Å². The fourth-order valence-electron chi connectivity index (χ4n) is 1.10. The molecule has 1 aliphatic carbocycles. The number of carbonyl (C=O) groups is 1. The van der Waals surface area contributed by atoms with Crippen LogP contribution in [-0.2, 0) is 4.79 Å². The van der Waals surface area contributed by atoms with E-state index < -0.39 is 0 Å². The molecule has 3 nitrogen and oxygen atoms in total. The topological polar surface area (TPSA) is 41.1 Å². The molecule has 74 valence electrons. The Bertz CT molecular complexity index is 185. The van der Waals surface area contributed by atoms with Crippen molar-refractivity contribution in [2.45, 2.75) is 32.2 Å². The van der Waals surface area contributed by atoms with Crippen LogP contribution in [0.25, 0.3) is 0 Å². The Hall–Kier alpha value is -0.830. The Balaban J connectivity index is 1.84. The third kappa shape index (κ3) is 5.42. The Morgan fingerprint density at radius 2 is 2.23 bits per heavy atom. The predicted molar refractivity (Wildman–Crippen MR) is 53.5 cm³/mol. The molecule has 2 N–H and O–H groups in total. The summed E-state index contributed by atoms with van der Waals surface area (Å²) in [5, 5.41) is 6.20. The van der Waals surface area contributed by atoms with Gasteiger partial charge in [0.25, 0.3) is 0 Å². The number of hydrogen-bond acceptors (Lipinski definition) is 2. The van der Waals surface area contributed by atoms with Crippen molar-refractivity contribution in [3.05, 3.63) is 12.2 Å². The smallest absolute Gasteiger partial charge is 0.243 e. The maximum atomic E-state index is 10.9. The standard InChI is InChI=1S/C10H18N2O/c1-2-4-10(13)12-8-3-7-11-9-5-6-9/h2,4,9,11H,3,5-8H2,1H3,(H,12,13). The minimum atomic E-state index is 0.00826. The number of rotatable bonds is 6. The average Bonchev–Trinajstić information content (AvgIpc) is 2.88. The first-order valence-corrected chi connectivity index (χ1v) is 4.97. The van der Waals surface area contributed by atoms with E-state index in [-0.39, 0.29) is 5.91 Å². The van der Waals surface area contributed by atoms with Crippen LogP contribution in [0, 0.1) is 0 Å². The van der Waals surface area contributed by atoms with Gasteiger partial charge < -0.3 is 10.6 Å². The van der Waals surface area contributed by atoms with Gasteiger partial charge >= 0.3 is 0 Å². The van der Waals surface area contributed by atoms with Crippen LogP contribution < -0.4 is 10.6 Å². The summed E-state index contributed by atoms with van der Waals surface area (Å²) in [6, 6.07) is 0.770. The SMILES string of the molecule is CC=CC(=O)NCCCNC1CC1. The number of carbonyl (C=O) groups excluding carboxylic acids is 1. The van der Waals surface area contributed by atoms with Gasteiger partial charge in [-0.15, -0.1) is 0 Å². The van der Waals surface area contributed by atoms with E-state index in [0.717, 1.165) is 25.6 Å². The van der Waals surface area contributed by atoms with Crippen LogP contribution in [0.5, 0.6) is 0 Å². The zero-order chi connectivity index (χ0) is 9.52. The quantitative estimate of drug-likeness (QED) is 0.471. The Morgan fingerprint density at radius 1 is 1.46 bits per heavy atom. The lowest BCUT2D eigenvalue weighted by Crippen LogP contribution is -2.26. The van der Waals surface area contributed by atoms with Gasteiger partial charge in [-0.05, 0) is 38.8 Å². The van der Waals surface area contributed by atoms with Gasteiger partial charge in [0.2, 0.25) is 5.91 Å². The molecule has 0 unspecified atom stereocenters. The average molecular weight is 182 g/mol. The van der Waals surface area contributed by atoms with E-state index in [1.807, 2.05) is 6.92 Å². The third-order valence-electron chi connectivity index (χ3n) is 1.98. The molecule has 0 atom stereocenters. The lowest BCUT2D eigenvalue weighted by atomic mass is 10.4. The first kappa shape index (κ1) is 10.3. The number of allylic oxidation sites excluding steroid dienone is 1. The van der Waals surface area contributed by atoms with Crippen molar-refractivity contribution in [3.63, 3.8) is 0 Å². The maximum absolute atomic E-state index is 10.9. The molecule has 1 aliphatic rings. The van der Waals surface area contributed by atoms with Gasteiger partial charge in [0, 0.05) is 12.6 Å². The molecule has 0 aromatic heterocycles. The second kappa shape index (κ2) is 5.75. The summed E-state index contributed by atoms with van der Waals surface area (Å²) in [6.07, 6.45) is 6.96. The molecule has 1 saturated carbocycles. The van der Waals surface area contributed by atoms with Crippen molar-refractivity contribution in [1.29, 1.82) is 0 Å². The van der Waals surface area contributed by atoms with E-state index in [1.54, 1.807) is 12.2 Å². The number of nitrogens with one attached hydrogen (secondary N) is 2. The fourth-order valence-corrected chi connectivity index (χ4v) is 1.10. The van der Waals surface area contributed by atoms with E-state index in [0.29, 0.717) is 0 Å². The minimum absolute atomic E-state index is 0.00826. The summed E-state index contributed by atoms with van der Waals surface area (Å²) in [5.74, 6) is 0.00826. The molecule has 0 spiro atoms. The number of amides is 1. The van der Waals surface area contributed by atoms with Crippen LogP contribution >= 0.6 is 0 Å². The summed E-state index contributed by atoms with van der Waals surface area (Å²) in [6.45, 7) is 3.62. The van der Waals surface area contributed by atoms with Crippen LogP contribution in [0.2, 0.25) is 0 Å². The Morgan fingerprint density at radius 3 is 2.85 bits per heavy atom. The van der Waals surface area contributed by atoms with Crippen molar-refractivity contribution >= 4 is 5.91 Å². The molecule has 1 rings (SSSR count). The van der Waals surface area contributed by atoms with Crippen molar-refractivity contribution in [2.24, 2.45) is 0 Å². The lowest BCUT2D eigenvalue weighted by molar-refractivity contribution is -0.116. The molecule has 0 aliphatic heterocycles. The summed E-state index contributed by atoms with van der Waals surface area (Å²) in [5.41, 5.74) is 0. The van der Waals surface area contributed by atoms with Gasteiger partial charge in [-0.1, -0.05) is 6.08 Å². The van der Waals surface area contributed by atoms with Gasteiger partial charge in [-0.25, -0.2) is 0 Å². The summed E-state index contributed by atoms with van der Waals surface area (Å²) >= 11 is 0. The predicted octanol–water partition coefficient (Wildman–Crippen LogP) is 0.821. The first-order chi connectivity index (χ1) is 6.33. The monoisotopic (exact) mass is 182 g/mol. The van der Waals surface area contributed by atoms with Gasteiger partial charge in [-0.3, -0.25) is 4.79 Å². The molecular weight excluding hydrogens is 164 g/mol. The molecule has 1 amide bonds. The number of hydrogen-bond donors (Lipinski definition) is 2. The molecule has 13 heavy (non-hydrogen) atoms. The van der Waals surface area contributed by atoms with Gasteiger partial charge in [0.05, 0.1) is 0 Å². The minimum Gasteiger partial charge on any atom is -0.353 e. The van der Waals surface area contributed by atoms with E-state index in [4.69, 9.17) is 0 Å². The lowest BCUT2D eigenvalue weighted by Gasteiger charge is -2.02. The van der Waals surface area contributed by atoms with E-state index >= 15 is 0 Å². The maximum Gasteiger partial charge on any atom is 0.243 e. The molecule has 0 heterocycles. The highest BCUT2D eigenvalue weighted by Gasteiger charge is 2.19. The molecule has 0 aromatic carbocycles. The van der Waals surface area contributed by atoms with Crippen LogP contribution in [0.1, 0.15) is 26.2 Å². The first-order valence-electron chi connectivity index (χ1n) is 4.97. The highest BCUT2D eigenvalue weighted by molar-refractivity contribution is 5.87. The van der Waals surface area contributed by atoms with Crippen LogP contribution in [0.3, 0.4) is 0 Å². The highest BCUT2D eigenvalue weighted by Crippen LogP contribution is 2.18. The second-order valence-corrected chi connectivity index (χ2v) is 3.37. The molecule has 1 fully saturated rings. The third-order valence-corrected chi connectivity index (χ3v) is 1.98. The van der Waals surface area contributed by atoms with Crippen LogP contribution in [0.4, 0.5) is 0 Å². The molecule has 0 saturated heterocycles. The van der Waals surface area contributed by atoms with E-state index in [2.05, 4.69) is 10.6 Å². The molecular formula is C10H18N2O. The van der Waals surface area contributed by atoms with Crippen molar-refractivity contribution < 1.29 is 4.79 Å². The normalized spacial score (nSPS) is 16.4. The fraction of sp³-hybridized carbons (Fsp3) is 0.700. The summed E-state index contributed by atoms with van der Waals surface area (Å²) in [4.78, 5) is 10.9. The van der Waals surface area contributed by atoms with Gasteiger partial charge in [0.1, 0.15) is 0 Å². The van der Waals surface area contributed by atoms with Crippen molar-refractivity contribution in [3.8, 4) is 0 Å². The molecule has 3 heteroatoms. The zero-order valence-corrected chi connectivity index (χ0v) is 8.18. The zero-order valence-electron chi connectivity index (χ0n) is 8.18. The van der Waals surface area contributed by atoms with Gasteiger partial charge in [0.15, 0.2) is 0 Å². The van der Waals surface area contributed by atoms with Crippen LogP contribution in [0.15, 0.2) is 12.2 Å². The molecule has 0 bridgehead atoms. The molecule has 0 radical (unpaired) electrons. The highest BCUT2D eigenvalue weighted by atomic mass is 16.1. The van der Waals surface area contributed by atoms with E-state index in [1.165, 1.54) is 12.8 Å². The summed E-state index contributed by atoms with van der Waals surface area (Å²) < 4.78 is 0. The largest absolute Gasteiger partial charge is 0.353 e. The summed E-state index contributed by atoms with van der Waals surface area (Å²) in [7, 11) is 0. The van der Waals surface area contributed by atoms with Crippen LogP contribution in [-0.4, -0.2) is 25.0 Å². The van der Waals surface area contributed by atoms with Crippen molar-refractivity contribution in [2.75, 3.05) is 13.1 Å². The Labute approximate surface area is 79.6 Å².